The summed E-state index contributed by atoms with van der Waals surface area (Å²) >= 11 is 0. The van der Waals surface area contributed by atoms with E-state index in [0.717, 1.165) is 25.2 Å². The highest BCUT2D eigenvalue weighted by molar-refractivity contribution is 5.75. The Labute approximate surface area is 131 Å². The molecule has 2 fully saturated rings. The average molecular weight is 305 g/mol. The van der Waals surface area contributed by atoms with Crippen molar-refractivity contribution in [3.63, 3.8) is 0 Å². The number of hydrogen-bond acceptors (Lipinski definition) is 2. The number of phenols is 1. The van der Waals surface area contributed by atoms with Crippen LogP contribution in [0, 0.1) is 17.3 Å². The summed E-state index contributed by atoms with van der Waals surface area (Å²) in [6.45, 7) is 2.32. The number of aryl methyl sites for hydroxylation is 1. The molecule has 0 spiro atoms. The van der Waals surface area contributed by atoms with Gasteiger partial charge in [-0.2, -0.15) is 0 Å². The molecule has 0 amide bonds. The number of phenolic OH excluding ortho intramolecular Hbond substituents is 1. The van der Waals surface area contributed by atoms with E-state index in [1.807, 2.05) is 12.1 Å². The van der Waals surface area contributed by atoms with Crippen molar-refractivity contribution in [2.45, 2.75) is 57.5 Å². The molecule has 0 saturated heterocycles. The van der Waals surface area contributed by atoms with Crippen LogP contribution in [0.2, 0.25) is 0 Å². The van der Waals surface area contributed by atoms with Gasteiger partial charge in [0.1, 0.15) is 5.75 Å². The van der Waals surface area contributed by atoms with Crippen molar-refractivity contribution in [1.82, 2.24) is 0 Å². The highest BCUT2D eigenvalue weighted by atomic mass is 28.1. The molecule has 2 nitrogen and oxygen atoms in total. The molecular formula is C18H28O2Si. The highest BCUT2D eigenvalue weighted by Crippen LogP contribution is 2.60. The summed E-state index contributed by atoms with van der Waals surface area (Å²) in [5.41, 5.74) is 2.99. The van der Waals surface area contributed by atoms with Crippen molar-refractivity contribution in [3.8, 4) is 5.75 Å². The molecule has 3 aliphatic rings. The number of fused-ring (bicyclic) bond motifs is 5. The Kier molecular flexibility index (Phi) is 3.69. The van der Waals surface area contributed by atoms with Crippen molar-refractivity contribution >= 4 is 11.0 Å². The number of benzene rings is 1. The lowest BCUT2D eigenvalue weighted by Gasteiger charge is -2.50. The van der Waals surface area contributed by atoms with Crippen LogP contribution in [0.1, 0.15) is 56.1 Å². The first-order chi connectivity index (χ1) is 9.59. The molecule has 3 heteroatoms. The molecule has 0 bridgehead atoms. The standard InChI is InChI=1S/C18H24O2.H4Si/c1-18-9-8-14-13-5-3-12(19)10-11(13)2-4-15(14)16(18)6-7-17(18)20;/h3,5,10,14-17,19-20H,2,4,6-9H2,1H3;1H4/t14-,15-,16+,17+,18+;/m1./s1. The van der Waals surface area contributed by atoms with Crippen molar-refractivity contribution in [1.29, 1.82) is 0 Å². The number of aromatic hydroxyl groups is 1. The zero-order valence-corrected chi connectivity index (χ0v) is 12.2. The summed E-state index contributed by atoms with van der Waals surface area (Å²) in [6, 6.07) is 5.96. The van der Waals surface area contributed by atoms with E-state index in [1.165, 1.54) is 30.4 Å². The third-order valence-corrected chi connectivity index (χ3v) is 6.66. The molecule has 0 aliphatic heterocycles. The number of rotatable bonds is 0. The minimum absolute atomic E-state index is 0. The Balaban J connectivity index is 0.00000132. The third kappa shape index (κ3) is 2.08. The van der Waals surface area contributed by atoms with Gasteiger partial charge >= 0.3 is 0 Å². The fraction of sp³-hybridized carbons (Fsp3) is 0.667. The SMILES string of the molecule is C[C@]12CC[C@@H]3c4ccc(O)cc4CC[C@H]3[C@@H]1CC[C@@H]2O.[SiH4]. The molecule has 0 radical (unpaired) electrons. The molecule has 116 valence electrons. The quantitative estimate of drug-likeness (QED) is 0.721. The lowest BCUT2D eigenvalue weighted by molar-refractivity contribution is -0.0226. The van der Waals surface area contributed by atoms with Crippen LogP contribution in [0.4, 0.5) is 0 Å². The first-order valence-corrected chi connectivity index (χ1v) is 8.09. The van der Waals surface area contributed by atoms with E-state index in [9.17, 15) is 10.2 Å². The molecule has 0 heterocycles. The van der Waals surface area contributed by atoms with Crippen LogP contribution in [0.3, 0.4) is 0 Å². The molecule has 2 N–H and O–H groups in total. The van der Waals surface area contributed by atoms with Gasteiger partial charge in [0.25, 0.3) is 0 Å². The summed E-state index contributed by atoms with van der Waals surface area (Å²) in [7, 11) is 0. The highest BCUT2D eigenvalue weighted by Gasteiger charge is 2.54. The molecule has 5 atom stereocenters. The predicted molar refractivity (Wildman–Crippen MR) is 90.1 cm³/mol. The first kappa shape index (κ1) is 15.1. The second-order valence-corrected chi connectivity index (χ2v) is 7.44. The van der Waals surface area contributed by atoms with E-state index in [2.05, 4.69) is 13.0 Å². The van der Waals surface area contributed by atoms with E-state index in [1.54, 1.807) is 0 Å². The van der Waals surface area contributed by atoms with Gasteiger partial charge in [-0.25, -0.2) is 0 Å². The van der Waals surface area contributed by atoms with Crippen LogP contribution in [-0.4, -0.2) is 27.3 Å². The molecule has 21 heavy (non-hydrogen) atoms. The average Bonchev–Trinajstić information content (AvgIpc) is 2.74. The smallest absolute Gasteiger partial charge is 0.115 e. The Hall–Kier alpha value is -0.803. The van der Waals surface area contributed by atoms with Crippen molar-refractivity contribution in [2.24, 2.45) is 17.3 Å². The predicted octanol–water partition coefficient (Wildman–Crippen LogP) is 2.16. The van der Waals surface area contributed by atoms with Gasteiger partial charge < -0.3 is 10.2 Å². The largest absolute Gasteiger partial charge is 0.508 e. The van der Waals surface area contributed by atoms with Gasteiger partial charge in [-0.15, -0.1) is 0 Å². The number of hydrogen-bond donors (Lipinski definition) is 2. The van der Waals surface area contributed by atoms with Crippen molar-refractivity contribution < 1.29 is 10.2 Å². The van der Waals surface area contributed by atoms with Gasteiger partial charge in [-0.1, -0.05) is 13.0 Å². The number of aliphatic hydroxyl groups is 1. The Bertz CT molecular complexity index is 544. The topological polar surface area (TPSA) is 40.5 Å². The Morgan fingerprint density at radius 1 is 1.14 bits per heavy atom. The van der Waals surface area contributed by atoms with Crippen LogP contribution in [0.5, 0.6) is 5.75 Å². The normalized spacial score (nSPS) is 40.7. The van der Waals surface area contributed by atoms with Crippen LogP contribution < -0.4 is 0 Å². The van der Waals surface area contributed by atoms with Gasteiger partial charge in [0.05, 0.1) is 6.10 Å². The fourth-order valence-electron chi connectivity index (χ4n) is 5.54. The van der Waals surface area contributed by atoms with Gasteiger partial charge in [-0.05, 0) is 95.9 Å². The first-order valence-electron chi connectivity index (χ1n) is 8.09. The van der Waals surface area contributed by atoms with E-state index < -0.39 is 0 Å². The van der Waals surface area contributed by atoms with E-state index in [4.69, 9.17) is 0 Å². The van der Waals surface area contributed by atoms with Crippen molar-refractivity contribution in [2.75, 3.05) is 0 Å². The molecule has 3 aliphatic carbocycles. The van der Waals surface area contributed by atoms with Crippen molar-refractivity contribution in [3.05, 3.63) is 29.3 Å². The zero-order chi connectivity index (χ0) is 13.9. The molecular weight excluding hydrogens is 276 g/mol. The lowest BCUT2D eigenvalue weighted by Crippen LogP contribution is -2.43. The molecule has 2 saturated carbocycles. The minimum Gasteiger partial charge on any atom is -0.508 e. The van der Waals surface area contributed by atoms with E-state index in [0.29, 0.717) is 17.6 Å². The van der Waals surface area contributed by atoms with Crippen LogP contribution in [-0.2, 0) is 6.42 Å². The summed E-state index contributed by atoms with van der Waals surface area (Å²) in [5.74, 6) is 2.49. The number of aliphatic hydroxyl groups excluding tert-OH is 1. The summed E-state index contributed by atoms with van der Waals surface area (Å²) < 4.78 is 0. The monoisotopic (exact) mass is 304 g/mol. The lowest BCUT2D eigenvalue weighted by atomic mass is 9.55. The maximum Gasteiger partial charge on any atom is 0.115 e. The van der Waals surface area contributed by atoms with Gasteiger partial charge in [0.15, 0.2) is 0 Å². The molecule has 0 aromatic heterocycles. The second-order valence-electron chi connectivity index (χ2n) is 7.44. The van der Waals surface area contributed by atoms with Gasteiger partial charge in [-0.3, -0.25) is 0 Å². The second kappa shape index (κ2) is 5.13. The minimum atomic E-state index is -0.0883. The van der Waals surface area contributed by atoms with E-state index >= 15 is 0 Å². The van der Waals surface area contributed by atoms with Crippen LogP contribution >= 0.6 is 0 Å². The van der Waals surface area contributed by atoms with E-state index in [-0.39, 0.29) is 22.5 Å². The Morgan fingerprint density at radius 3 is 2.76 bits per heavy atom. The fourth-order valence-corrected chi connectivity index (χ4v) is 5.54. The third-order valence-electron chi connectivity index (χ3n) is 6.66. The van der Waals surface area contributed by atoms with Gasteiger partial charge in [0, 0.05) is 0 Å². The summed E-state index contributed by atoms with van der Waals surface area (Å²) in [5, 5.41) is 20.0. The maximum atomic E-state index is 10.4. The summed E-state index contributed by atoms with van der Waals surface area (Å²) in [6.07, 6.45) is 6.78. The van der Waals surface area contributed by atoms with Crippen LogP contribution in [0.25, 0.3) is 0 Å². The Morgan fingerprint density at radius 2 is 1.95 bits per heavy atom. The molecule has 1 aromatic rings. The molecule has 4 rings (SSSR count). The van der Waals surface area contributed by atoms with Gasteiger partial charge in [0.2, 0.25) is 0 Å². The zero-order valence-electron chi connectivity index (χ0n) is 12.2. The molecule has 1 aromatic carbocycles. The van der Waals surface area contributed by atoms with Crippen LogP contribution in [0.15, 0.2) is 18.2 Å². The molecule has 0 unspecified atom stereocenters. The summed E-state index contributed by atoms with van der Waals surface area (Å²) in [4.78, 5) is 0. The maximum absolute atomic E-state index is 10.4.